The summed E-state index contributed by atoms with van der Waals surface area (Å²) in [6, 6.07) is 9.77. The zero-order valence-electron chi connectivity index (χ0n) is 11.0. The molecular formula is C15H19N3O. The van der Waals surface area contributed by atoms with Gasteiger partial charge in [-0.05, 0) is 12.1 Å². The van der Waals surface area contributed by atoms with E-state index < -0.39 is 0 Å². The van der Waals surface area contributed by atoms with Crippen LogP contribution in [0.25, 0.3) is 0 Å². The van der Waals surface area contributed by atoms with Gasteiger partial charge in [0.1, 0.15) is 0 Å². The van der Waals surface area contributed by atoms with Crippen molar-refractivity contribution >= 4 is 11.6 Å². The molecule has 1 amide bonds. The van der Waals surface area contributed by atoms with Crippen molar-refractivity contribution in [3.8, 4) is 12.3 Å². The molecule has 1 aliphatic heterocycles. The fraction of sp³-hybridized carbons (Fsp3) is 0.400. The van der Waals surface area contributed by atoms with Gasteiger partial charge < -0.3 is 10.2 Å². The number of anilines is 1. The summed E-state index contributed by atoms with van der Waals surface area (Å²) in [5.41, 5.74) is 0.974. The number of nitrogens with one attached hydrogen (secondary N) is 1. The lowest BCUT2D eigenvalue weighted by Crippen LogP contribution is -2.50. The molecule has 1 aliphatic rings. The first-order valence-electron chi connectivity index (χ1n) is 6.52. The highest BCUT2D eigenvalue weighted by Crippen LogP contribution is 2.06. The number of nitrogens with zero attached hydrogens (tertiary/aromatic N) is 2. The normalized spacial score (nSPS) is 15.8. The van der Waals surface area contributed by atoms with E-state index >= 15 is 0 Å². The Balaban J connectivity index is 1.74. The first-order chi connectivity index (χ1) is 9.29. The number of carbonyl (C=O) groups is 1. The molecule has 1 heterocycles. The maximum Gasteiger partial charge on any atom is 0.241 e. The van der Waals surface area contributed by atoms with Gasteiger partial charge in [0, 0.05) is 31.9 Å². The predicted molar refractivity (Wildman–Crippen MR) is 76.8 cm³/mol. The van der Waals surface area contributed by atoms with Crippen LogP contribution in [0.15, 0.2) is 30.3 Å². The number of para-hydroxylation sites is 1. The average molecular weight is 257 g/mol. The van der Waals surface area contributed by atoms with Crippen molar-refractivity contribution in [3.63, 3.8) is 0 Å². The number of piperazine rings is 1. The van der Waals surface area contributed by atoms with Gasteiger partial charge in [0.05, 0.1) is 13.1 Å². The zero-order valence-corrected chi connectivity index (χ0v) is 11.0. The van der Waals surface area contributed by atoms with E-state index in [0.29, 0.717) is 13.1 Å². The summed E-state index contributed by atoms with van der Waals surface area (Å²) in [7, 11) is 0. The number of amides is 1. The van der Waals surface area contributed by atoms with Gasteiger partial charge >= 0.3 is 0 Å². The average Bonchev–Trinajstić information content (AvgIpc) is 2.47. The molecule has 1 saturated heterocycles. The molecule has 1 fully saturated rings. The molecule has 0 unspecified atom stereocenters. The highest BCUT2D eigenvalue weighted by atomic mass is 16.2. The lowest BCUT2D eigenvalue weighted by atomic mass is 10.3. The van der Waals surface area contributed by atoms with E-state index in [9.17, 15) is 4.79 Å². The van der Waals surface area contributed by atoms with Crippen molar-refractivity contribution in [1.29, 1.82) is 0 Å². The second-order valence-corrected chi connectivity index (χ2v) is 4.58. The highest BCUT2D eigenvalue weighted by molar-refractivity contribution is 5.81. The fourth-order valence-electron chi connectivity index (χ4n) is 2.13. The van der Waals surface area contributed by atoms with E-state index in [1.165, 1.54) is 0 Å². The summed E-state index contributed by atoms with van der Waals surface area (Å²) in [5, 5.41) is 3.14. The summed E-state index contributed by atoms with van der Waals surface area (Å²) >= 11 is 0. The molecule has 1 aromatic carbocycles. The van der Waals surface area contributed by atoms with Gasteiger partial charge in [0.25, 0.3) is 0 Å². The lowest BCUT2D eigenvalue weighted by molar-refractivity contribution is -0.130. The number of benzene rings is 1. The SMILES string of the molecule is C#CCN1CCN(C(=O)CNc2ccccc2)CC1. The molecule has 4 nitrogen and oxygen atoms in total. The molecule has 1 aromatic rings. The molecule has 100 valence electrons. The van der Waals surface area contributed by atoms with Crippen LogP contribution in [0.4, 0.5) is 5.69 Å². The molecule has 0 bridgehead atoms. The van der Waals surface area contributed by atoms with E-state index in [-0.39, 0.29) is 5.91 Å². The van der Waals surface area contributed by atoms with Crippen molar-refractivity contribution in [2.24, 2.45) is 0 Å². The Hall–Kier alpha value is -1.99. The molecule has 0 radical (unpaired) electrons. The molecule has 0 aliphatic carbocycles. The van der Waals surface area contributed by atoms with Crippen LogP contribution in [0.2, 0.25) is 0 Å². The largest absolute Gasteiger partial charge is 0.376 e. The van der Waals surface area contributed by atoms with Crippen molar-refractivity contribution < 1.29 is 4.79 Å². The molecule has 4 heteroatoms. The van der Waals surface area contributed by atoms with Crippen LogP contribution >= 0.6 is 0 Å². The predicted octanol–water partition coefficient (Wildman–Crippen LogP) is 0.876. The van der Waals surface area contributed by atoms with Gasteiger partial charge in [-0.3, -0.25) is 9.69 Å². The minimum absolute atomic E-state index is 0.143. The second kappa shape index (κ2) is 6.81. The van der Waals surface area contributed by atoms with Crippen LogP contribution < -0.4 is 5.32 Å². The number of hydrogen-bond acceptors (Lipinski definition) is 3. The molecular weight excluding hydrogens is 238 g/mol. The topological polar surface area (TPSA) is 35.6 Å². The number of carbonyl (C=O) groups excluding carboxylic acids is 1. The van der Waals surface area contributed by atoms with Crippen LogP contribution in [0.1, 0.15) is 0 Å². The smallest absolute Gasteiger partial charge is 0.241 e. The van der Waals surface area contributed by atoms with E-state index in [2.05, 4.69) is 16.1 Å². The maximum atomic E-state index is 12.0. The maximum absolute atomic E-state index is 12.0. The number of rotatable bonds is 4. The lowest BCUT2D eigenvalue weighted by Gasteiger charge is -2.33. The van der Waals surface area contributed by atoms with Crippen LogP contribution in [0.3, 0.4) is 0 Å². The quantitative estimate of drug-likeness (QED) is 0.813. The van der Waals surface area contributed by atoms with E-state index in [4.69, 9.17) is 6.42 Å². The minimum Gasteiger partial charge on any atom is -0.376 e. The standard InChI is InChI=1S/C15H19N3O/c1-2-8-17-9-11-18(12-10-17)15(19)13-16-14-6-4-3-5-7-14/h1,3-7,16H,8-13H2. The Bertz CT molecular complexity index is 444. The Labute approximate surface area is 114 Å². The fourth-order valence-corrected chi connectivity index (χ4v) is 2.13. The van der Waals surface area contributed by atoms with Crippen LogP contribution in [0.5, 0.6) is 0 Å². The summed E-state index contributed by atoms with van der Waals surface area (Å²) in [4.78, 5) is 16.1. The van der Waals surface area contributed by atoms with Crippen molar-refractivity contribution in [2.45, 2.75) is 0 Å². The molecule has 0 aromatic heterocycles. The van der Waals surface area contributed by atoms with Crippen molar-refractivity contribution in [1.82, 2.24) is 9.80 Å². The zero-order chi connectivity index (χ0) is 13.5. The van der Waals surface area contributed by atoms with Gasteiger partial charge in [0.2, 0.25) is 5.91 Å². The van der Waals surface area contributed by atoms with Gasteiger partial charge in [0.15, 0.2) is 0 Å². The third-order valence-corrected chi connectivity index (χ3v) is 3.26. The molecule has 0 atom stereocenters. The first-order valence-corrected chi connectivity index (χ1v) is 6.52. The van der Waals surface area contributed by atoms with Crippen LogP contribution in [-0.4, -0.2) is 55.0 Å². The molecule has 1 N–H and O–H groups in total. The summed E-state index contributed by atoms with van der Waals surface area (Å²) in [5.74, 6) is 2.78. The highest BCUT2D eigenvalue weighted by Gasteiger charge is 2.19. The summed E-state index contributed by atoms with van der Waals surface area (Å²) < 4.78 is 0. The molecule has 2 rings (SSSR count). The Morgan fingerprint density at radius 1 is 1.21 bits per heavy atom. The Kier molecular flexibility index (Phi) is 4.82. The Morgan fingerprint density at radius 3 is 2.53 bits per heavy atom. The third-order valence-electron chi connectivity index (χ3n) is 3.26. The summed E-state index contributed by atoms with van der Waals surface area (Å²) in [6.07, 6.45) is 5.28. The van der Waals surface area contributed by atoms with Crippen LogP contribution in [-0.2, 0) is 4.79 Å². The van der Waals surface area contributed by atoms with Crippen LogP contribution in [0, 0.1) is 12.3 Å². The molecule has 0 spiro atoms. The first kappa shape index (κ1) is 13.4. The number of hydrogen-bond donors (Lipinski definition) is 1. The Morgan fingerprint density at radius 2 is 1.89 bits per heavy atom. The van der Waals surface area contributed by atoms with Gasteiger partial charge in [-0.25, -0.2) is 0 Å². The van der Waals surface area contributed by atoms with E-state index in [1.54, 1.807) is 0 Å². The van der Waals surface area contributed by atoms with Crippen molar-refractivity contribution in [3.05, 3.63) is 30.3 Å². The third kappa shape index (κ3) is 4.01. The second-order valence-electron chi connectivity index (χ2n) is 4.58. The number of terminal acetylenes is 1. The van der Waals surface area contributed by atoms with Gasteiger partial charge in [-0.2, -0.15) is 0 Å². The summed E-state index contributed by atoms with van der Waals surface area (Å²) in [6.45, 7) is 4.26. The van der Waals surface area contributed by atoms with E-state index in [0.717, 1.165) is 31.9 Å². The van der Waals surface area contributed by atoms with Crippen molar-refractivity contribution in [2.75, 3.05) is 44.6 Å². The van der Waals surface area contributed by atoms with E-state index in [1.807, 2.05) is 35.2 Å². The molecule has 0 saturated carbocycles. The molecule has 19 heavy (non-hydrogen) atoms. The van der Waals surface area contributed by atoms with Gasteiger partial charge in [-0.15, -0.1) is 6.42 Å². The minimum atomic E-state index is 0.143. The monoisotopic (exact) mass is 257 g/mol. The van der Waals surface area contributed by atoms with Gasteiger partial charge in [-0.1, -0.05) is 24.1 Å².